The number of aryl methyl sites for hydroxylation is 1. The lowest BCUT2D eigenvalue weighted by Gasteiger charge is -2.48. The summed E-state index contributed by atoms with van der Waals surface area (Å²) in [5.74, 6) is 0.837. The Balaban J connectivity index is 1.51. The van der Waals surface area contributed by atoms with E-state index in [-0.39, 0.29) is 17.2 Å². The van der Waals surface area contributed by atoms with Crippen molar-refractivity contribution in [2.45, 2.75) is 58.1 Å². The largest absolute Gasteiger partial charge is 0.380 e. The summed E-state index contributed by atoms with van der Waals surface area (Å²) in [6.45, 7) is 4.34. The van der Waals surface area contributed by atoms with E-state index in [4.69, 9.17) is 9.26 Å². The molecule has 1 saturated carbocycles. The maximum atomic E-state index is 13.1. The zero-order valence-electron chi connectivity index (χ0n) is 15.6. The Kier molecular flexibility index (Phi) is 4.50. The average Bonchev–Trinajstić information content (AvgIpc) is 3.42. The topological polar surface area (TPSA) is 75.9 Å². The number of rotatable bonds is 4. The van der Waals surface area contributed by atoms with Gasteiger partial charge in [0.1, 0.15) is 5.76 Å². The molecule has 0 bridgehead atoms. The molecule has 0 N–H and O–H groups in total. The molecule has 1 spiro atoms. The van der Waals surface area contributed by atoms with Crippen LogP contribution in [0.2, 0.25) is 0 Å². The van der Waals surface area contributed by atoms with Gasteiger partial charge in [0.05, 0.1) is 12.2 Å². The van der Waals surface area contributed by atoms with Gasteiger partial charge in [0.25, 0.3) is 5.91 Å². The third-order valence-corrected chi connectivity index (χ3v) is 6.11. The van der Waals surface area contributed by atoms with E-state index in [2.05, 4.69) is 10.1 Å². The van der Waals surface area contributed by atoms with Gasteiger partial charge in [-0.15, -0.1) is 0 Å². The quantitative estimate of drug-likeness (QED) is 0.821. The molecule has 142 valence electrons. The van der Waals surface area contributed by atoms with Gasteiger partial charge in [-0.05, 0) is 39.0 Å². The van der Waals surface area contributed by atoms with Crippen molar-refractivity contribution in [3.05, 3.63) is 17.0 Å². The van der Waals surface area contributed by atoms with Gasteiger partial charge in [-0.1, -0.05) is 5.16 Å². The number of carbonyl (C=O) groups is 2. The molecule has 7 heteroatoms. The van der Waals surface area contributed by atoms with E-state index in [0.717, 1.165) is 50.8 Å². The van der Waals surface area contributed by atoms with Crippen LogP contribution < -0.4 is 0 Å². The van der Waals surface area contributed by atoms with E-state index < -0.39 is 0 Å². The highest BCUT2D eigenvalue weighted by atomic mass is 16.5. The zero-order chi connectivity index (χ0) is 18.3. The van der Waals surface area contributed by atoms with Crippen molar-refractivity contribution in [1.29, 1.82) is 0 Å². The second-order valence-corrected chi connectivity index (χ2v) is 8.08. The predicted molar refractivity (Wildman–Crippen MR) is 93.5 cm³/mol. The zero-order valence-corrected chi connectivity index (χ0v) is 15.6. The minimum absolute atomic E-state index is 0.0324. The molecule has 1 aromatic heterocycles. The molecule has 2 amide bonds. The third-order valence-electron chi connectivity index (χ3n) is 6.11. The van der Waals surface area contributed by atoms with Crippen molar-refractivity contribution in [3.63, 3.8) is 0 Å². The molecular weight excluding hydrogens is 334 g/mol. The van der Waals surface area contributed by atoms with E-state index in [1.165, 1.54) is 0 Å². The fourth-order valence-corrected chi connectivity index (χ4v) is 4.50. The summed E-state index contributed by atoms with van der Waals surface area (Å²) < 4.78 is 10.4. The maximum absolute atomic E-state index is 13.1. The molecule has 0 radical (unpaired) electrons. The summed E-state index contributed by atoms with van der Waals surface area (Å²) in [6.07, 6.45) is 5.79. The first-order chi connectivity index (χ1) is 12.5. The van der Waals surface area contributed by atoms with Crippen LogP contribution >= 0.6 is 0 Å². The van der Waals surface area contributed by atoms with Gasteiger partial charge >= 0.3 is 0 Å². The van der Waals surface area contributed by atoms with Gasteiger partial charge in [-0.2, -0.15) is 0 Å². The van der Waals surface area contributed by atoms with Crippen LogP contribution in [-0.4, -0.2) is 59.6 Å². The highest BCUT2D eigenvalue weighted by Crippen LogP contribution is 2.42. The van der Waals surface area contributed by atoms with Gasteiger partial charge < -0.3 is 19.1 Å². The van der Waals surface area contributed by atoms with Crippen LogP contribution in [0.15, 0.2) is 4.52 Å². The minimum atomic E-state index is -0.0807. The Hall–Kier alpha value is -1.89. The maximum Gasteiger partial charge on any atom is 0.276 e. The van der Waals surface area contributed by atoms with Crippen molar-refractivity contribution >= 4 is 11.8 Å². The fraction of sp³-hybridized carbons (Fsp3) is 0.737. The summed E-state index contributed by atoms with van der Waals surface area (Å²) in [5.41, 5.74) is 1.13. The van der Waals surface area contributed by atoms with Crippen molar-refractivity contribution in [3.8, 4) is 0 Å². The number of ether oxygens (including phenoxy) is 1. The van der Waals surface area contributed by atoms with Crippen LogP contribution in [0.25, 0.3) is 0 Å². The molecule has 3 heterocycles. The highest BCUT2D eigenvalue weighted by molar-refractivity contribution is 5.94. The van der Waals surface area contributed by atoms with Crippen molar-refractivity contribution in [1.82, 2.24) is 15.0 Å². The number of aromatic nitrogens is 1. The van der Waals surface area contributed by atoms with Crippen LogP contribution in [0, 0.1) is 12.3 Å². The highest BCUT2D eigenvalue weighted by Gasteiger charge is 2.46. The molecule has 3 aliphatic rings. The van der Waals surface area contributed by atoms with Gasteiger partial charge in [-0.25, -0.2) is 0 Å². The second-order valence-electron chi connectivity index (χ2n) is 8.08. The smallest absolute Gasteiger partial charge is 0.276 e. The van der Waals surface area contributed by atoms with Crippen molar-refractivity contribution in [2.24, 2.45) is 5.41 Å². The monoisotopic (exact) mass is 361 g/mol. The fourth-order valence-electron chi connectivity index (χ4n) is 4.50. The molecule has 1 unspecified atom stereocenters. The Morgan fingerprint density at radius 2 is 2.15 bits per heavy atom. The van der Waals surface area contributed by atoms with Gasteiger partial charge in [-0.3, -0.25) is 9.59 Å². The Morgan fingerprint density at radius 1 is 1.35 bits per heavy atom. The van der Waals surface area contributed by atoms with E-state index >= 15 is 0 Å². The van der Waals surface area contributed by atoms with Gasteiger partial charge in [0, 0.05) is 44.6 Å². The number of likely N-dealkylation sites (tertiary alicyclic amines) is 2. The molecular formula is C19H27N3O4. The van der Waals surface area contributed by atoms with Crippen LogP contribution in [0.3, 0.4) is 0 Å². The van der Waals surface area contributed by atoms with E-state index in [9.17, 15) is 9.59 Å². The number of carbonyl (C=O) groups excluding carboxylic acids is 2. The lowest BCUT2D eigenvalue weighted by molar-refractivity contribution is -0.139. The SMILES string of the molecule is COCc1c(C(=O)N2CCCC3(CCC(=O)N(C4CC4)C3)C2)noc1C. The Labute approximate surface area is 153 Å². The first-order valence-electron chi connectivity index (χ1n) is 9.56. The summed E-state index contributed by atoms with van der Waals surface area (Å²) in [7, 11) is 1.60. The summed E-state index contributed by atoms with van der Waals surface area (Å²) in [4.78, 5) is 29.3. The molecule has 0 aromatic carbocycles. The van der Waals surface area contributed by atoms with Crippen LogP contribution in [-0.2, 0) is 16.1 Å². The Morgan fingerprint density at radius 3 is 2.88 bits per heavy atom. The molecule has 7 nitrogen and oxygen atoms in total. The average molecular weight is 361 g/mol. The van der Waals surface area contributed by atoms with E-state index in [1.807, 2.05) is 4.90 Å². The van der Waals surface area contributed by atoms with Gasteiger partial charge in [0.15, 0.2) is 5.69 Å². The number of nitrogens with zero attached hydrogens (tertiary/aromatic N) is 3. The van der Waals surface area contributed by atoms with Crippen LogP contribution in [0.4, 0.5) is 0 Å². The Bertz CT molecular complexity index is 712. The normalized spacial score (nSPS) is 26.6. The van der Waals surface area contributed by atoms with Crippen molar-refractivity contribution in [2.75, 3.05) is 26.7 Å². The molecule has 1 aliphatic carbocycles. The van der Waals surface area contributed by atoms with Crippen molar-refractivity contribution < 1.29 is 18.8 Å². The van der Waals surface area contributed by atoms with E-state index in [1.54, 1.807) is 14.0 Å². The number of piperidine rings is 2. The summed E-state index contributed by atoms with van der Waals surface area (Å²) >= 11 is 0. The number of hydrogen-bond donors (Lipinski definition) is 0. The molecule has 26 heavy (non-hydrogen) atoms. The number of amides is 2. The van der Waals surface area contributed by atoms with Gasteiger partial charge in [0.2, 0.25) is 5.91 Å². The number of hydrogen-bond acceptors (Lipinski definition) is 5. The molecule has 1 atom stereocenters. The number of methoxy groups -OCH3 is 1. The predicted octanol–water partition coefficient (Wildman–Crippen LogP) is 2.14. The van der Waals surface area contributed by atoms with Crippen LogP contribution in [0.1, 0.15) is 60.3 Å². The molecule has 2 saturated heterocycles. The molecule has 1 aromatic rings. The lowest BCUT2D eigenvalue weighted by atomic mass is 9.73. The minimum Gasteiger partial charge on any atom is -0.380 e. The summed E-state index contributed by atoms with van der Waals surface area (Å²) in [5, 5.41) is 4.00. The molecule has 2 aliphatic heterocycles. The standard InChI is InChI=1S/C19H27N3O4/c1-13-15(10-25-2)17(20-26-13)18(24)21-9-3-7-19(11-21)8-6-16(23)22(12-19)14-4-5-14/h14H,3-12H2,1-2H3. The second kappa shape index (κ2) is 6.68. The summed E-state index contributed by atoms with van der Waals surface area (Å²) in [6, 6.07) is 0.442. The first kappa shape index (κ1) is 17.5. The third kappa shape index (κ3) is 3.13. The lowest BCUT2D eigenvalue weighted by Crippen LogP contribution is -2.55. The van der Waals surface area contributed by atoms with E-state index in [0.29, 0.717) is 37.1 Å². The molecule has 4 rings (SSSR count). The van der Waals surface area contributed by atoms with Crippen LogP contribution in [0.5, 0.6) is 0 Å². The molecule has 3 fully saturated rings. The first-order valence-corrected chi connectivity index (χ1v) is 9.56.